The highest BCUT2D eigenvalue weighted by Crippen LogP contribution is 2.45. The molecule has 4 rings (SSSR count). The number of rotatable bonds is 4. The first-order chi connectivity index (χ1) is 9.88. The number of piperidine rings is 1. The second-order valence-corrected chi connectivity index (χ2v) is 7.11. The van der Waals surface area contributed by atoms with E-state index in [1.807, 2.05) is 0 Å². The Morgan fingerprint density at radius 2 is 1.85 bits per heavy atom. The largest absolute Gasteiger partial charge is 0.381 e. The van der Waals surface area contributed by atoms with Crippen molar-refractivity contribution < 1.29 is 9.47 Å². The Morgan fingerprint density at radius 3 is 2.55 bits per heavy atom. The maximum Gasteiger partial charge on any atom is 0.0887 e. The van der Waals surface area contributed by atoms with Crippen LogP contribution in [-0.4, -0.2) is 62.0 Å². The van der Waals surface area contributed by atoms with E-state index in [1.165, 1.54) is 51.6 Å². The summed E-state index contributed by atoms with van der Waals surface area (Å²) < 4.78 is 11.9. The number of nitrogens with zero attached hydrogens (tertiary/aromatic N) is 1. The van der Waals surface area contributed by atoms with Gasteiger partial charge in [-0.2, -0.15) is 0 Å². The molecule has 0 aromatic carbocycles. The lowest BCUT2D eigenvalue weighted by Gasteiger charge is -2.63. The highest BCUT2D eigenvalue weighted by Gasteiger charge is 2.56. The Hall–Kier alpha value is -0.160. The lowest BCUT2D eigenvalue weighted by Crippen LogP contribution is -2.75. The third kappa shape index (κ3) is 2.41. The molecule has 0 amide bonds. The van der Waals surface area contributed by atoms with E-state index in [0.717, 1.165) is 38.3 Å². The van der Waals surface area contributed by atoms with E-state index in [0.29, 0.717) is 11.6 Å². The van der Waals surface area contributed by atoms with Crippen molar-refractivity contribution in [3.05, 3.63) is 0 Å². The Balaban J connectivity index is 1.42. The predicted molar refractivity (Wildman–Crippen MR) is 77.8 cm³/mol. The van der Waals surface area contributed by atoms with Crippen molar-refractivity contribution in [2.45, 2.75) is 56.2 Å². The van der Waals surface area contributed by atoms with E-state index in [2.05, 4.69) is 10.2 Å². The van der Waals surface area contributed by atoms with Gasteiger partial charge in [0.05, 0.1) is 11.6 Å². The van der Waals surface area contributed by atoms with Crippen molar-refractivity contribution in [3.63, 3.8) is 0 Å². The summed E-state index contributed by atoms with van der Waals surface area (Å²) in [5.41, 5.74) is 0.315. The van der Waals surface area contributed by atoms with Crippen molar-refractivity contribution in [3.8, 4) is 0 Å². The SMILES string of the molecule is C1CC(N2C[C@H](OCC3CC3)C23CCOCC3)CCN1. The van der Waals surface area contributed by atoms with Crippen LogP contribution in [0, 0.1) is 5.92 Å². The molecule has 1 aliphatic carbocycles. The maximum atomic E-state index is 6.30. The van der Waals surface area contributed by atoms with Gasteiger partial charge in [0.2, 0.25) is 0 Å². The molecule has 1 spiro atoms. The number of ether oxygens (including phenoxy) is 2. The molecule has 3 saturated heterocycles. The van der Waals surface area contributed by atoms with Crippen LogP contribution in [0.2, 0.25) is 0 Å². The fourth-order valence-electron chi connectivity index (χ4n) is 4.31. The zero-order valence-electron chi connectivity index (χ0n) is 12.5. The summed E-state index contributed by atoms with van der Waals surface area (Å²) in [6.45, 7) is 6.38. The first-order valence-corrected chi connectivity index (χ1v) is 8.55. The number of hydrogen-bond donors (Lipinski definition) is 1. The highest BCUT2D eigenvalue weighted by molar-refractivity contribution is 5.11. The topological polar surface area (TPSA) is 33.7 Å². The van der Waals surface area contributed by atoms with Gasteiger partial charge in [-0.15, -0.1) is 0 Å². The first kappa shape index (κ1) is 13.5. The predicted octanol–water partition coefficient (Wildman–Crippen LogP) is 1.40. The number of hydrogen-bond acceptors (Lipinski definition) is 4. The molecule has 4 heteroatoms. The molecule has 0 radical (unpaired) electrons. The standard InChI is InChI=1S/C16H28N2O2/c1-2-13(1)12-20-15-11-18(14-3-7-17-8-4-14)16(15)5-9-19-10-6-16/h13-15,17H,1-12H2/t15-/m0/s1. The number of likely N-dealkylation sites (tertiary alicyclic amines) is 1. The molecular formula is C16H28N2O2. The highest BCUT2D eigenvalue weighted by atomic mass is 16.5. The normalized spacial score (nSPS) is 35.1. The van der Waals surface area contributed by atoms with E-state index in [-0.39, 0.29) is 0 Å². The van der Waals surface area contributed by atoms with E-state index < -0.39 is 0 Å². The molecule has 4 nitrogen and oxygen atoms in total. The summed E-state index contributed by atoms with van der Waals surface area (Å²) >= 11 is 0. The quantitative estimate of drug-likeness (QED) is 0.844. The molecule has 1 atom stereocenters. The molecule has 1 saturated carbocycles. The molecule has 0 bridgehead atoms. The average Bonchev–Trinajstić information content (AvgIpc) is 3.32. The van der Waals surface area contributed by atoms with Gasteiger partial charge < -0.3 is 14.8 Å². The van der Waals surface area contributed by atoms with Crippen LogP contribution in [0.25, 0.3) is 0 Å². The van der Waals surface area contributed by atoms with Crippen LogP contribution in [-0.2, 0) is 9.47 Å². The fourth-order valence-corrected chi connectivity index (χ4v) is 4.31. The van der Waals surface area contributed by atoms with E-state index >= 15 is 0 Å². The summed E-state index contributed by atoms with van der Waals surface area (Å²) in [4.78, 5) is 2.79. The van der Waals surface area contributed by atoms with Crippen LogP contribution >= 0.6 is 0 Å². The summed E-state index contributed by atoms with van der Waals surface area (Å²) in [7, 11) is 0. The summed E-state index contributed by atoms with van der Waals surface area (Å²) in [6.07, 6.45) is 8.21. The lowest BCUT2D eigenvalue weighted by molar-refractivity contribution is -0.216. The van der Waals surface area contributed by atoms with E-state index in [1.54, 1.807) is 0 Å². The van der Waals surface area contributed by atoms with Crippen LogP contribution < -0.4 is 5.32 Å². The minimum Gasteiger partial charge on any atom is -0.381 e. The molecule has 114 valence electrons. The molecular weight excluding hydrogens is 252 g/mol. The van der Waals surface area contributed by atoms with Crippen molar-refractivity contribution >= 4 is 0 Å². The lowest BCUT2D eigenvalue weighted by atomic mass is 9.73. The third-order valence-electron chi connectivity index (χ3n) is 5.87. The zero-order valence-corrected chi connectivity index (χ0v) is 12.5. The summed E-state index contributed by atoms with van der Waals surface area (Å²) in [5.74, 6) is 0.875. The van der Waals surface area contributed by atoms with Gasteiger partial charge in [0.1, 0.15) is 0 Å². The Bertz CT molecular complexity index is 333. The molecule has 0 aromatic heterocycles. The van der Waals surface area contributed by atoms with Crippen molar-refractivity contribution in [2.75, 3.05) is 39.5 Å². The third-order valence-corrected chi connectivity index (χ3v) is 5.87. The molecule has 1 N–H and O–H groups in total. The molecule has 4 fully saturated rings. The van der Waals surface area contributed by atoms with Crippen molar-refractivity contribution in [1.82, 2.24) is 10.2 Å². The monoisotopic (exact) mass is 280 g/mol. The molecule has 0 unspecified atom stereocenters. The average molecular weight is 280 g/mol. The second kappa shape index (κ2) is 5.56. The van der Waals surface area contributed by atoms with Crippen molar-refractivity contribution in [1.29, 1.82) is 0 Å². The van der Waals surface area contributed by atoms with Gasteiger partial charge in [-0.25, -0.2) is 0 Å². The summed E-state index contributed by atoms with van der Waals surface area (Å²) in [5, 5.41) is 3.49. The molecule has 20 heavy (non-hydrogen) atoms. The van der Waals surface area contributed by atoms with Crippen LogP contribution in [0.15, 0.2) is 0 Å². The van der Waals surface area contributed by atoms with Crippen molar-refractivity contribution in [2.24, 2.45) is 5.92 Å². The van der Waals surface area contributed by atoms with Crippen LogP contribution in [0.1, 0.15) is 38.5 Å². The summed E-state index contributed by atoms with van der Waals surface area (Å²) in [6, 6.07) is 0.773. The smallest absolute Gasteiger partial charge is 0.0887 e. The van der Waals surface area contributed by atoms with Crippen LogP contribution in [0.5, 0.6) is 0 Å². The Morgan fingerprint density at radius 1 is 1.10 bits per heavy atom. The van der Waals surface area contributed by atoms with Gasteiger partial charge in [-0.1, -0.05) is 0 Å². The molecule has 3 aliphatic heterocycles. The fraction of sp³-hybridized carbons (Fsp3) is 1.00. The second-order valence-electron chi connectivity index (χ2n) is 7.11. The van der Waals surface area contributed by atoms with Gasteiger partial charge in [0.25, 0.3) is 0 Å². The van der Waals surface area contributed by atoms with Gasteiger partial charge in [0, 0.05) is 32.4 Å². The Labute approximate surface area is 122 Å². The Kier molecular flexibility index (Phi) is 3.75. The minimum absolute atomic E-state index is 0.315. The van der Waals surface area contributed by atoms with Crippen LogP contribution in [0.4, 0.5) is 0 Å². The first-order valence-electron chi connectivity index (χ1n) is 8.55. The molecule has 4 aliphatic rings. The van der Waals surface area contributed by atoms with E-state index in [9.17, 15) is 0 Å². The molecule has 3 heterocycles. The van der Waals surface area contributed by atoms with Gasteiger partial charge in [0.15, 0.2) is 0 Å². The van der Waals surface area contributed by atoms with Crippen LogP contribution in [0.3, 0.4) is 0 Å². The van der Waals surface area contributed by atoms with Gasteiger partial charge in [-0.05, 0) is 57.5 Å². The molecule has 0 aromatic rings. The zero-order chi connectivity index (χ0) is 13.4. The van der Waals surface area contributed by atoms with E-state index in [4.69, 9.17) is 9.47 Å². The van der Waals surface area contributed by atoms with Gasteiger partial charge >= 0.3 is 0 Å². The number of nitrogens with one attached hydrogen (secondary N) is 1. The maximum absolute atomic E-state index is 6.30. The van der Waals surface area contributed by atoms with Gasteiger partial charge in [-0.3, -0.25) is 4.90 Å². The minimum atomic E-state index is 0.315.